The van der Waals surface area contributed by atoms with Crippen molar-refractivity contribution in [2.45, 2.75) is 43.1 Å². The number of rotatable bonds is 6. The van der Waals surface area contributed by atoms with E-state index in [0.717, 1.165) is 15.8 Å². The van der Waals surface area contributed by atoms with Crippen LogP contribution in [0.5, 0.6) is 0 Å². The fourth-order valence-corrected chi connectivity index (χ4v) is 5.49. The van der Waals surface area contributed by atoms with Gasteiger partial charge in [0, 0.05) is 36.3 Å². The Morgan fingerprint density at radius 2 is 2.26 bits per heavy atom. The summed E-state index contributed by atoms with van der Waals surface area (Å²) in [7, 11) is 0. The molecule has 1 fully saturated rings. The van der Waals surface area contributed by atoms with Gasteiger partial charge in [-0.1, -0.05) is 19.1 Å². The number of halogens is 1. The third-order valence-corrected chi connectivity index (χ3v) is 7.67. The fraction of sp³-hybridized carbons (Fsp3) is 0.381. The number of carboxylic acid groups (broad SMARTS) is 1. The van der Waals surface area contributed by atoms with E-state index in [9.17, 15) is 20.0 Å². The van der Waals surface area contributed by atoms with Gasteiger partial charge >= 0.3 is 5.97 Å². The lowest BCUT2D eigenvalue weighted by Gasteiger charge is -2.44. The van der Waals surface area contributed by atoms with Crippen molar-refractivity contribution in [3.63, 3.8) is 0 Å². The summed E-state index contributed by atoms with van der Waals surface area (Å²) < 4.78 is 0. The van der Waals surface area contributed by atoms with E-state index in [1.54, 1.807) is 18.3 Å². The Hall–Kier alpha value is -2.62. The molecule has 4 unspecified atom stereocenters. The number of hydrogen-bond donors (Lipinski definition) is 2. The van der Waals surface area contributed by atoms with Crippen LogP contribution < -0.4 is 5.32 Å². The van der Waals surface area contributed by atoms with E-state index >= 15 is 0 Å². The van der Waals surface area contributed by atoms with Crippen molar-refractivity contribution >= 4 is 44.8 Å². The minimum atomic E-state index is -1.27. The standard InChI is InChI=1S/C21H21ClN4O4S/c1-12-17(22)16(23-10-13-3-2-4-15(9-13)26(29)30)5-7-21(12,20(27)28)19-24-11-14-6-8-31-18(14)25-19/h2-4,6,8-9,11-12,16-17,23H,5,7,10H2,1H3,(H,27,28). The van der Waals surface area contributed by atoms with Crippen LogP contribution in [0.4, 0.5) is 5.69 Å². The zero-order valence-corrected chi connectivity index (χ0v) is 18.3. The molecule has 1 saturated carbocycles. The maximum Gasteiger partial charge on any atom is 0.317 e. The normalized spacial score (nSPS) is 26.1. The number of alkyl halides is 1. The summed E-state index contributed by atoms with van der Waals surface area (Å²) in [4.78, 5) is 32.8. The highest BCUT2D eigenvalue weighted by Gasteiger charge is 2.54. The lowest BCUT2D eigenvalue weighted by atomic mass is 9.64. The van der Waals surface area contributed by atoms with Crippen molar-refractivity contribution in [2.75, 3.05) is 0 Å². The molecule has 31 heavy (non-hydrogen) atoms. The van der Waals surface area contributed by atoms with Crippen LogP contribution in [0.15, 0.2) is 41.9 Å². The summed E-state index contributed by atoms with van der Waals surface area (Å²) in [6.07, 6.45) is 2.53. The van der Waals surface area contributed by atoms with Gasteiger partial charge in [-0.05, 0) is 35.8 Å². The number of carbonyl (C=O) groups is 1. The summed E-state index contributed by atoms with van der Waals surface area (Å²) in [5, 5.41) is 26.9. The minimum Gasteiger partial charge on any atom is -0.480 e. The molecular formula is C21H21ClN4O4S. The Morgan fingerprint density at radius 3 is 3.00 bits per heavy atom. The van der Waals surface area contributed by atoms with Crippen molar-refractivity contribution in [1.29, 1.82) is 0 Å². The SMILES string of the molecule is CC1C(Cl)C(NCc2cccc([N+](=O)[O-])c2)CCC1(C(=O)O)c1ncc2ccsc2n1. The Kier molecular flexibility index (Phi) is 5.92. The van der Waals surface area contributed by atoms with Crippen LogP contribution in [0.3, 0.4) is 0 Å². The van der Waals surface area contributed by atoms with Gasteiger partial charge in [-0.3, -0.25) is 14.9 Å². The highest BCUT2D eigenvalue weighted by molar-refractivity contribution is 7.16. The first-order valence-corrected chi connectivity index (χ1v) is 11.2. The maximum absolute atomic E-state index is 12.5. The lowest BCUT2D eigenvalue weighted by Crippen LogP contribution is -2.56. The van der Waals surface area contributed by atoms with Crippen molar-refractivity contribution in [3.05, 3.63) is 63.4 Å². The highest BCUT2D eigenvalue weighted by Crippen LogP contribution is 2.45. The van der Waals surface area contributed by atoms with E-state index in [-0.39, 0.29) is 11.7 Å². The number of carboxylic acids is 1. The van der Waals surface area contributed by atoms with Crippen LogP contribution in [0.2, 0.25) is 0 Å². The molecule has 0 amide bonds. The first-order chi connectivity index (χ1) is 14.8. The molecule has 0 bridgehead atoms. The Labute approximate surface area is 187 Å². The van der Waals surface area contributed by atoms with Gasteiger partial charge in [-0.25, -0.2) is 9.97 Å². The molecule has 10 heteroatoms. The zero-order valence-electron chi connectivity index (χ0n) is 16.7. The molecule has 2 aromatic heterocycles. The number of benzene rings is 1. The number of aromatic nitrogens is 2. The summed E-state index contributed by atoms with van der Waals surface area (Å²) in [5.74, 6) is -1.11. The average Bonchev–Trinajstić information content (AvgIpc) is 3.23. The van der Waals surface area contributed by atoms with Gasteiger partial charge in [-0.2, -0.15) is 0 Å². The maximum atomic E-state index is 12.5. The number of nitro groups is 1. The average molecular weight is 461 g/mol. The van der Waals surface area contributed by atoms with Gasteiger partial charge in [0.15, 0.2) is 0 Å². The van der Waals surface area contributed by atoms with Crippen LogP contribution >= 0.6 is 22.9 Å². The predicted octanol–water partition coefficient (Wildman–Crippen LogP) is 4.12. The van der Waals surface area contributed by atoms with E-state index in [2.05, 4.69) is 15.3 Å². The van der Waals surface area contributed by atoms with Crippen LogP contribution in [0.25, 0.3) is 10.2 Å². The number of aliphatic carboxylic acids is 1. The Bertz CT molecular complexity index is 1140. The molecule has 0 aliphatic heterocycles. The molecule has 4 atom stereocenters. The molecular weight excluding hydrogens is 440 g/mol. The molecule has 0 saturated heterocycles. The topological polar surface area (TPSA) is 118 Å². The van der Waals surface area contributed by atoms with Crippen molar-refractivity contribution in [2.24, 2.45) is 5.92 Å². The molecule has 0 spiro atoms. The molecule has 1 aliphatic rings. The van der Waals surface area contributed by atoms with E-state index in [4.69, 9.17) is 11.6 Å². The predicted molar refractivity (Wildman–Crippen MR) is 118 cm³/mol. The number of nitrogens with zero attached hydrogens (tertiary/aromatic N) is 3. The minimum absolute atomic E-state index is 0.0322. The molecule has 2 N–H and O–H groups in total. The quantitative estimate of drug-likeness (QED) is 0.322. The zero-order chi connectivity index (χ0) is 22.2. The monoisotopic (exact) mass is 460 g/mol. The van der Waals surface area contributed by atoms with Gasteiger partial charge in [0.05, 0.1) is 10.3 Å². The molecule has 2 heterocycles. The summed E-state index contributed by atoms with van der Waals surface area (Å²) >= 11 is 8.22. The number of nitrogens with one attached hydrogen (secondary N) is 1. The Morgan fingerprint density at radius 1 is 1.45 bits per heavy atom. The first kappa shape index (κ1) is 21.6. The molecule has 162 valence electrons. The first-order valence-electron chi connectivity index (χ1n) is 9.88. The second-order valence-corrected chi connectivity index (χ2v) is 9.24. The van der Waals surface area contributed by atoms with Gasteiger partial charge in [-0.15, -0.1) is 22.9 Å². The second kappa shape index (κ2) is 8.49. The van der Waals surface area contributed by atoms with Crippen molar-refractivity contribution in [1.82, 2.24) is 15.3 Å². The number of nitro benzene ring substituents is 1. The van der Waals surface area contributed by atoms with E-state index < -0.39 is 27.6 Å². The number of hydrogen-bond acceptors (Lipinski definition) is 7. The molecule has 8 nitrogen and oxygen atoms in total. The van der Waals surface area contributed by atoms with Gasteiger partial charge < -0.3 is 10.4 Å². The third-order valence-electron chi connectivity index (χ3n) is 6.17. The summed E-state index contributed by atoms with van der Waals surface area (Å²) in [6, 6.07) is 8.18. The molecule has 0 radical (unpaired) electrons. The van der Waals surface area contributed by atoms with Crippen LogP contribution in [0.1, 0.15) is 31.2 Å². The van der Waals surface area contributed by atoms with Crippen molar-refractivity contribution in [3.8, 4) is 0 Å². The molecule has 1 aliphatic carbocycles. The Balaban J connectivity index is 1.55. The molecule has 3 aromatic rings. The lowest BCUT2D eigenvalue weighted by molar-refractivity contribution is -0.384. The van der Waals surface area contributed by atoms with Crippen molar-refractivity contribution < 1.29 is 14.8 Å². The largest absolute Gasteiger partial charge is 0.480 e. The highest BCUT2D eigenvalue weighted by atomic mass is 35.5. The van der Waals surface area contributed by atoms with Crippen LogP contribution in [-0.2, 0) is 16.8 Å². The van der Waals surface area contributed by atoms with Crippen LogP contribution in [0, 0.1) is 16.0 Å². The van der Waals surface area contributed by atoms with Gasteiger partial charge in [0.25, 0.3) is 5.69 Å². The smallest absolute Gasteiger partial charge is 0.317 e. The van der Waals surface area contributed by atoms with Crippen LogP contribution in [-0.4, -0.2) is 37.4 Å². The van der Waals surface area contributed by atoms with Gasteiger partial charge in [0.2, 0.25) is 0 Å². The van der Waals surface area contributed by atoms with Gasteiger partial charge in [0.1, 0.15) is 16.1 Å². The second-order valence-electron chi connectivity index (χ2n) is 7.84. The van der Waals surface area contributed by atoms with E-state index in [0.29, 0.717) is 25.2 Å². The summed E-state index contributed by atoms with van der Waals surface area (Å²) in [6.45, 7) is 2.23. The number of non-ortho nitro benzene ring substituents is 1. The number of fused-ring (bicyclic) bond motifs is 1. The molecule has 4 rings (SSSR count). The van der Waals surface area contributed by atoms with E-state index in [1.165, 1.54) is 23.5 Å². The third kappa shape index (κ3) is 3.88. The fourth-order valence-electron chi connectivity index (χ4n) is 4.32. The summed E-state index contributed by atoms with van der Waals surface area (Å²) in [5.41, 5.74) is -0.467. The molecule has 1 aromatic carbocycles. The van der Waals surface area contributed by atoms with E-state index in [1.807, 2.05) is 18.4 Å². The number of thiophene rings is 1.